The van der Waals surface area contributed by atoms with E-state index in [9.17, 15) is 14.0 Å². The highest BCUT2D eigenvalue weighted by molar-refractivity contribution is 7.99. The van der Waals surface area contributed by atoms with Crippen molar-refractivity contribution in [1.29, 1.82) is 0 Å². The minimum atomic E-state index is -0.966. The van der Waals surface area contributed by atoms with E-state index in [1.807, 2.05) is 0 Å². The Morgan fingerprint density at radius 3 is 3.00 bits per heavy atom. The summed E-state index contributed by atoms with van der Waals surface area (Å²) in [7, 11) is 0. The molecule has 1 aromatic carbocycles. The number of urea groups is 1. The lowest BCUT2D eigenvalue weighted by Crippen LogP contribution is -2.39. The van der Waals surface area contributed by atoms with E-state index in [-0.39, 0.29) is 24.8 Å². The molecule has 0 aliphatic carbocycles. The Balaban J connectivity index is 1.96. The lowest BCUT2D eigenvalue weighted by atomic mass is 10.0. The van der Waals surface area contributed by atoms with Gasteiger partial charge in [-0.2, -0.15) is 0 Å². The number of carboxylic acid groups (broad SMARTS) is 1. The van der Waals surface area contributed by atoms with Crippen LogP contribution in [-0.2, 0) is 4.79 Å². The van der Waals surface area contributed by atoms with Crippen LogP contribution in [0.2, 0.25) is 0 Å². The second kappa shape index (κ2) is 6.60. The normalized spacial score (nSPS) is 17.1. The summed E-state index contributed by atoms with van der Waals surface area (Å²) in [6.45, 7) is 0.0681. The van der Waals surface area contributed by atoms with Crippen molar-refractivity contribution in [3.63, 3.8) is 0 Å². The van der Waals surface area contributed by atoms with Gasteiger partial charge in [-0.3, -0.25) is 4.79 Å². The molecule has 0 saturated carbocycles. The van der Waals surface area contributed by atoms with E-state index in [4.69, 9.17) is 5.11 Å². The summed E-state index contributed by atoms with van der Waals surface area (Å²) in [5.74, 6) is -0.449. The fraction of sp³-hybridized carbons (Fsp3) is 0.385. The second-order valence-corrected chi connectivity index (χ2v) is 5.55. The van der Waals surface area contributed by atoms with Crippen LogP contribution in [0.15, 0.2) is 23.1 Å². The predicted octanol–water partition coefficient (Wildman–Crippen LogP) is 2.14. The van der Waals surface area contributed by atoms with Gasteiger partial charge in [0, 0.05) is 17.2 Å². The van der Waals surface area contributed by atoms with Crippen LogP contribution in [0, 0.1) is 5.82 Å². The molecular formula is C13H15FN2O3S. The number of nitrogens with one attached hydrogen (secondary N) is 2. The molecule has 1 unspecified atom stereocenters. The fourth-order valence-electron chi connectivity index (χ4n) is 2.01. The number of hydrogen-bond acceptors (Lipinski definition) is 3. The van der Waals surface area contributed by atoms with Crippen molar-refractivity contribution in [3.8, 4) is 0 Å². The lowest BCUT2D eigenvalue weighted by molar-refractivity contribution is -0.136. The van der Waals surface area contributed by atoms with Gasteiger partial charge >= 0.3 is 12.0 Å². The molecule has 5 nitrogen and oxygen atoms in total. The number of fused-ring (bicyclic) bond motifs is 1. The monoisotopic (exact) mass is 298 g/mol. The number of carbonyl (C=O) groups is 2. The van der Waals surface area contributed by atoms with Crippen molar-refractivity contribution in [3.05, 3.63) is 29.6 Å². The Labute approximate surface area is 119 Å². The van der Waals surface area contributed by atoms with E-state index in [0.717, 1.165) is 16.2 Å². The first-order valence-electron chi connectivity index (χ1n) is 6.24. The summed E-state index contributed by atoms with van der Waals surface area (Å²) in [5, 5.41) is 13.7. The average molecular weight is 298 g/mol. The molecule has 1 aliphatic rings. The second-order valence-electron chi connectivity index (χ2n) is 4.42. The van der Waals surface area contributed by atoms with Crippen molar-refractivity contribution < 1.29 is 19.1 Å². The van der Waals surface area contributed by atoms with Gasteiger partial charge in [0.2, 0.25) is 0 Å². The number of thioether (sulfide) groups is 1. The Morgan fingerprint density at radius 2 is 2.25 bits per heavy atom. The Bertz CT molecular complexity index is 524. The van der Waals surface area contributed by atoms with Crippen LogP contribution in [0.1, 0.15) is 24.4 Å². The maximum absolute atomic E-state index is 13.3. The molecule has 0 radical (unpaired) electrons. The molecule has 0 bridgehead atoms. The van der Waals surface area contributed by atoms with E-state index in [0.29, 0.717) is 6.42 Å². The smallest absolute Gasteiger partial charge is 0.315 e. The molecule has 2 rings (SSSR count). The summed E-state index contributed by atoms with van der Waals surface area (Å²) in [5.41, 5.74) is 0.773. The highest BCUT2D eigenvalue weighted by atomic mass is 32.2. The largest absolute Gasteiger partial charge is 0.481 e. The van der Waals surface area contributed by atoms with Crippen LogP contribution in [0.25, 0.3) is 0 Å². The van der Waals surface area contributed by atoms with Gasteiger partial charge in [0.1, 0.15) is 5.82 Å². The Hall–Kier alpha value is -1.76. The zero-order valence-corrected chi connectivity index (χ0v) is 11.5. The fourth-order valence-corrected chi connectivity index (χ4v) is 3.11. The van der Waals surface area contributed by atoms with E-state index in [1.165, 1.54) is 12.1 Å². The van der Waals surface area contributed by atoms with Gasteiger partial charge in [0.05, 0.1) is 12.5 Å². The van der Waals surface area contributed by atoms with Gasteiger partial charge in [-0.1, -0.05) is 0 Å². The van der Waals surface area contributed by atoms with Crippen molar-refractivity contribution in [2.24, 2.45) is 0 Å². The molecule has 0 fully saturated rings. The number of benzene rings is 1. The minimum absolute atomic E-state index is 0.0681. The third-order valence-electron chi connectivity index (χ3n) is 2.94. The zero-order valence-electron chi connectivity index (χ0n) is 10.7. The van der Waals surface area contributed by atoms with Gasteiger partial charge in [0.25, 0.3) is 0 Å². The highest BCUT2D eigenvalue weighted by Crippen LogP contribution is 2.36. The highest BCUT2D eigenvalue weighted by Gasteiger charge is 2.22. The Kier molecular flexibility index (Phi) is 4.84. The molecule has 2 amide bonds. The molecule has 0 spiro atoms. The topological polar surface area (TPSA) is 78.4 Å². The molecule has 1 aromatic rings. The SMILES string of the molecule is O=C(O)CCNC(=O)NC1CCSc2ccc(F)cc21. The van der Waals surface area contributed by atoms with Crippen LogP contribution in [0.5, 0.6) is 0 Å². The molecule has 7 heteroatoms. The van der Waals surface area contributed by atoms with Gasteiger partial charge in [-0.15, -0.1) is 11.8 Å². The zero-order chi connectivity index (χ0) is 14.5. The summed E-state index contributed by atoms with van der Waals surface area (Å²) in [4.78, 5) is 23.0. The molecule has 1 aliphatic heterocycles. The van der Waals surface area contributed by atoms with Gasteiger partial charge in [0.15, 0.2) is 0 Å². The molecule has 0 saturated heterocycles. The third kappa shape index (κ3) is 3.86. The van der Waals surface area contributed by atoms with Crippen LogP contribution in [0.3, 0.4) is 0 Å². The van der Waals surface area contributed by atoms with Crippen LogP contribution in [-0.4, -0.2) is 29.4 Å². The van der Waals surface area contributed by atoms with Crippen molar-refractivity contribution in [1.82, 2.24) is 10.6 Å². The Morgan fingerprint density at radius 1 is 1.45 bits per heavy atom. The maximum Gasteiger partial charge on any atom is 0.315 e. The first kappa shape index (κ1) is 14.6. The first-order chi connectivity index (χ1) is 9.56. The van der Waals surface area contributed by atoms with E-state index in [1.54, 1.807) is 17.8 Å². The third-order valence-corrected chi connectivity index (χ3v) is 4.06. The standard InChI is InChI=1S/C13H15FN2O3S/c14-8-1-2-11-9(7-8)10(4-6-20-11)16-13(19)15-5-3-12(17)18/h1-2,7,10H,3-6H2,(H,17,18)(H2,15,16,19). The number of halogens is 1. The van der Waals surface area contributed by atoms with Crippen LogP contribution in [0.4, 0.5) is 9.18 Å². The number of hydrogen-bond donors (Lipinski definition) is 3. The van der Waals surface area contributed by atoms with E-state index in [2.05, 4.69) is 10.6 Å². The lowest BCUT2D eigenvalue weighted by Gasteiger charge is -2.26. The number of rotatable bonds is 4. The molecule has 20 heavy (non-hydrogen) atoms. The van der Waals surface area contributed by atoms with E-state index >= 15 is 0 Å². The van der Waals surface area contributed by atoms with Crippen molar-refractivity contribution >= 4 is 23.8 Å². The molecule has 1 heterocycles. The van der Waals surface area contributed by atoms with Gasteiger partial charge in [-0.05, 0) is 30.2 Å². The van der Waals surface area contributed by atoms with Crippen LogP contribution < -0.4 is 10.6 Å². The first-order valence-corrected chi connectivity index (χ1v) is 7.23. The molecule has 108 valence electrons. The number of aliphatic carboxylic acids is 1. The number of carbonyl (C=O) groups excluding carboxylic acids is 1. The van der Waals surface area contributed by atoms with Crippen molar-refractivity contribution in [2.75, 3.05) is 12.3 Å². The molecule has 1 atom stereocenters. The maximum atomic E-state index is 13.3. The van der Waals surface area contributed by atoms with Gasteiger partial charge in [-0.25, -0.2) is 9.18 Å². The average Bonchev–Trinajstić information content (AvgIpc) is 2.39. The summed E-state index contributed by atoms with van der Waals surface area (Å²) >= 11 is 1.63. The number of carboxylic acids is 1. The van der Waals surface area contributed by atoms with Crippen molar-refractivity contribution in [2.45, 2.75) is 23.8 Å². The number of amides is 2. The predicted molar refractivity (Wildman–Crippen MR) is 73.3 cm³/mol. The quantitative estimate of drug-likeness (QED) is 0.796. The van der Waals surface area contributed by atoms with Gasteiger partial charge < -0.3 is 15.7 Å². The summed E-state index contributed by atoms with van der Waals surface area (Å²) < 4.78 is 13.3. The molecule has 0 aromatic heterocycles. The summed E-state index contributed by atoms with van der Waals surface area (Å²) in [6, 6.07) is 3.88. The van der Waals surface area contributed by atoms with E-state index < -0.39 is 12.0 Å². The van der Waals surface area contributed by atoms with Crippen LogP contribution >= 0.6 is 11.8 Å². The summed E-state index contributed by atoms with van der Waals surface area (Å²) in [6.07, 6.45) is 0.590. The molecular weight excluding hydrogens is 283 g/mol. The molecule has 3 N–H and O–H groups in total. The minimum Gasteiger partial charge on any atom is -0.481 e.